The summed E-state index contributed by atoms with van der Waals surface area (Å²) in [5.74, 6) is 2.69. The van der Waals surface area contributed by atoms with Gasteiger partial charge in [0, 0.05) is 0 Å². The van der Waals surface area contributed by atoms with Gasteiger partial charge in [0.15, 0.2) is 5.13 Å². The highest BCUT2D eigenvalue weighted by atomic mass is 32.1. The lowest BCUT2D eigenvalue weighted by atomic mass is 10.1. The quantitative estimate of drug-likeness (QED) is 0.722. The van der Waals surface area contributed by atoms with Gasteiger partial charge >= 0.3 is 0 Å². The molecule has 0 bridgehead atoms. The Hall–Kier alpha value is -2.69. The Morgan fingerprint density at radius 2 is 2.31 bits per heavy atom. The Labute approximate surface area is 156 Å². The van der Waals surface area contributed by atoms with E-state index in [9.17, 15) is 0 Å². The van der Waals surface area contributed by atoms with Gasteiger partial charge in [-0.05, 0) is 50.6 Å². The molecule has 3 aromatic heterocycles. The van der Waals surface area contributed by atoms with Crippen LogP contribution in [0.3, 0.4) is 0 Å². The third kappa shape index (κ3) is 3.62. The maximum absolute atomic E-state index is 8.92. The number of anilines is 2. The number of hydrogen-bond acceptors (Lipinski definition) is 7. The molecule has 1 saturated heterocycles. The van der Waals surface area contributed by atoms with E-state index in [0.717, 1.165) is 49.0 Å². The highest BCUT2D eigenvalue weighted by molar-refractivity contribution is 7.16. The number of nitriles is 1. The topological polar surface area (TPSA) is 78.0 Å². The van der Waals surface area contributed by atoms with Gasteiger partial charge in [0.25, 0.3) is 0 Å². The molecule has 0 radical (unpaired) electrons. The number of likely N-dealkylation sites (tertiary alicyclic amines) is 1. The van der Waals surface area contributed by atoms with Crippen LogP contribution < -0.4 is 5.32 Å². The van der Waals surface area contributed by atoms with Gasteiger partial charge in [-0.15, -0.1) is 0 Å². The molecule has 0 spiro atoms. The Balaban J connectivity index is 1.50. The molecule has 0 unspecified atom stereocenters. The number of nitrogens with zero attached hydrogens (tertiary/aromatic N) is 4. The molecule has 7 heteroatoms. The van der Waals surface area contributed by atoms with Gasteiger partial charge in [0.1, 0.15) is 28.3 Å². The Bertz CT molecular complexity index is 941. The number of rotatable bonds is 5. The summed E-state index contributed by atoms with van der Waals surface area (Å²) in [5, 5.41) is 12.8. The summed E-state index contributed by atoms with van der Waals surface area (Å²) < 4.78 is 5.74. The van der Waals surface area contributed by atoms with Crippen molar-refractivity contribution in [2.75, 3.05) is 11.9 Å². The molecule has 0 aliphatic carbocycles. The highest BCUT2D eigenvalue weighted by Crippen LogP contribution is 2.33. The number of nitrogens with one attached hydrogen (secondary N) is 1. The molecule has 1 aliphatic heterocycles. The molecule has 1 atom stereocenters. The minimum atomic E-state index is 0.285. The molecular formula is C19H19N5OS. The Kier molecular flexibility index (Phi) is 4.69. The Morgan fingerprint density at radius 1 is 1.38 bits per heavy atom. The lowest BCUT2D eigenvalue weighted by Gasteiger charge is -2.23. The molecule has 0 aromatic carbocycles. The zero-order valence-corrected chi connectivity index (χ0v) is 15.3. The summed E-state index contributed by atoms with van der Waals surface area (Å²) in [6, 6.07) is 12.4. The van der Waals surface area contributed by atoms with Gasteiger partial charge in [0.05, 0.1) is 24.5 Å². The number of pyridine rings is 1. The van der Waals surface area contributed by atoms with Crippen LogP contribution in [0.25, 0.3) is 0 Å². The van der Waals surface area contributed by atoms with Crippen molar-refractivity contribution in [2.24, 2.45) is 0 Å². The summed E-state index contributed by atoms with van der Waals surface area (Å²) in [5.41, 5.74) is 1.05. The average molecular weight is 365 g/mol. The second kappa shape index (κ2) is 7.28. The third-order valence-electron chi connectivity index (χ3n) is 4.48. The van der Waals surface area contributed by atoms with E-state index in [4.69, 9.17) is 14.7 Å². The summed E-state index contributed by atoms with van der Waals surface area (Å²) in [6.45, 7) is 3.82. The number of aromatic nitrogens is 2. The second-order valence-corrected chi connectivity index (χ2v) is 7.39. The summed E-state index contributed by atoms with van der Waals surface area (Å²) in [7, 11) is 0. The van der Waals surface area contributed by atoms with E-state index in [1.807, 2.05) is 31.2 Å². The smallest absolute Gasteiger partial charge is 0.189 e. The highest BCUT2D eigenvalue weighted by Gasteiger charge is 2.28. The van der Waals surface area contributed by atoms with Gasteiger partial charge < -0.3 is 9.73 Å². The first kappa shape index (κ1) is 16.8. The first-order valence-electron chi connectivity index (χ1n) is 8.60. The van der Waals surface area contributed by atoms with Crippen molar-refractivity contribution >= 4 is 22.3 Å². The molecule has 0 saturated carbocycles. The standard InChI is InChI=1S/C19H19N5OS/c1-13-7-8-14(25-13)12-24-9-3-5-17(24)16-4-2-6-18(22-16)23-19-21-11-15(10-20)26-19/h2,4,6-8,11,17H,3,5,9,12H2,1H3,(H,21,22,23)/t17-/m1/s1. The predicted molar refractivity (Wildman–Crippen MR) is 100 cm³/mol. The SMILES string of the molecule is Cc1ccc(CN2CCC[C@@H]2c2cccc(Nc3ncc(C#N)s3)n2)o1. The van der Waals surface area contributed by atoms with Crippen LogP contribution in [0.4, 0.5) is 10.9 Å². The van der Waals surface area contributed by atoms with E-state index < -0.39 is 0 Å². The zero-order valence-electron chi connectivity index (χ0n) is 14.5. The van der Waals surface area contributed by atoms with E-state index in [0.29, 0.717) is 10.0 Å². The molecule has 1 aliphatic rings. The molecule has 0 amide bonds. The summed E-state index contributed by atoms with van der Waals surface area (Å²) >= 11 is 1.32. The van der Waals surface area contributed by atoms with Crippen LogP contribution in [0, 0.1) is 18.3 Å². The number of thiazole rings is 1. The Morgan fingerprint density at radius 3 is 3.08 bits per heavy atom. The average Bonchev–Trinajstić information content (AvgIpc) is 3.37. The second-order valence-electron chi connectivity index (χ2n) is 6.36. The van der Waals surface area contributed by atoms with Gasteiger partial charge in [-0.1, -0.05) is 17.4 Å². The number of furan rings is 1. The molecule has 26 heavy (non-hydrogen) atoms. The van der Waals surface area contributed by atoms with Crippen molar-refractivity contribution < 1.29 is 4.42 Å². The summed E-state index contributed by atoms with van der Waals surface area (Å²) in [4.78, 5) is 12.0. The number of hydrogen-bond donors (Lipinski definition) is 1. The molecule has 4 heterocycles. The molecule has 132 valence electrons. The van der Waals surface area contributed by atoms with Crippen LogP contribution in [-0.4, -0.2) is 21.4 Å². The normalized spacial score (nSPS) is 17.3. The maximum Gasteiger partial charge on any atom is 0.189 e. The predicted octanol–water partition coefficient (Wildman–Crippen LogP) is 4.39. The van der Waals surface area contributed by atoms with Crippen molar-refractivity contribution in [1.29, 1.82) is 5.26 Å². The monoisotopic (exact) mass is 365 g/mol. The fraction of sp³-hybridized carbons (Fsp3) is 0.316. The lowest BCUT2D eigenvalue weighted by molar-refractivity contribution is 0.223. The van der Waals surface area contributed by atoms with Crippen molar-refractivity contribution in [2.45, 2.75) is 32.4 Å². The molecule has 1 N–H and O–H groups in total. The van der Waals surface area contributed by atoms with E-state index in [-0.39, 0.29) is 6.04 Å². The zero-order chi connectivity index (χ0) is 17.9. The van der Waals surface area contributed by atoms with Crippen LogP contribution >= 0.6 is 11.3 Å². The fourth-order valence-corrected chi connectivity index (χ4v) is 3.94. The van der Waals surface area contributed by atoms with Crippen molar-refractivity contribution in [3.8, 4) is 6.07 Å². The largest absolute Gasteiger partial charge is 0.465 e. The maximum atomic E-state index is 8.92. The van der Waals surface area contributed by atoms with Gasteiger partial charge in [-0.3, -0.25) is 4.90 Å². The molecule has 3 aromatic rings. The third-order valence-corrected chi connectivity index (χ3v) is 5.30. The first-order valence-corrected chi connectivity index (χ1v) is 9.42. The molecule has 6 nitrogen and oxygen atoms in total. The van der Waals surface area contributed by atoms with Gasteiger partial charge in [-0.25, -0.2) is 9.97 Å². The van der Waals surface area contributed by atoms with Crippen molar-refractivity contribution in [3.63, 3.8) is 0 Å². The van der Waals surface area contributed by atoms with Crippen molar-refractivity contribution in [3.05, 3.63) is 58.6 Å². The fourth-order valence-electron chi connectivity index (χ4n) is 3.32. The van der Waals surface area contributed by atoms with Crippen LogP contribution in [-0.2, 0) is 6.54 Å². The summed E-state index contributed by atoms with van der Waals surface area (Å²) in [6.07, 6.45) is 3.81. The van der Waals surface area contributed by atoms with E-state index in [1.165, 1.54) is 11.3 Å². The van der Waals surface area contributed by atoms with E-state index >= 15 is 0 Å². The minimum Gasteiger partial charge on any atom is -0.465 e. The van der Waals surface area contributed by atoms with Gasteiger partial charge in [0.2, 0.25) is 0 Å². The van der Waals surface area contributed by atoms with Crippen LogP contribution in [0.15, 0.2) is 40.9 Å². The molecule has 1 fully saturated rings. The van der Waals surface area contributed by atoms with Gasteiger partial charge in [-0.2, -0.15) is 5.26 Å². The van der Waals surface area contributed by atoms with Crippen LogP contribution in [0.5, 0.6) is 0 Å². The number of aryl methyl sites for hydroxylation is 1. The molecule has 4 rings (SSSR count). The van der Waals surface area contributed by atoms with Crippen molar-refractivity contribution in [1.82, 2.24) is 14.9 Å². The van der Waals surface area contributed by atoms with E-state index in [1.54, 1.807) is 6.20 Å². The molecular weight excluding hydrogens is 346 g/mol. The first-order chi connectivity index (χ1) is 12.7. The minimum absolute atomic E-state index is 0.285. The van der Waals surface area contributed by atoms with E-state index in [2.05, 4.69) is 27.3 Å². The van der Waals surface area contributed by atoms with Crippen LogP contribution in [0.1, 0.15) is 41.0 Å². The van der Waals surface area contributed by atoms with Crippen LogP contribution in [0.2, 0.25) is 0 Å². The lowest BCUT2D eigenvalue weighted by Crippen LogP contribution is -2.23.